The molecule has 53 heavy (non-hydrogen) atoms. The second kappa shape index (κ2) is 18.1. The van der Waals surface area contributed by atoms with Crippen LogP contribution in [0.1, 0.15) is 45.4 Å². The van der Waals surface area contributed by atoms with Crippen LogP contribution in [0, 0.1) is 11.8 Å². The number of aliphatic hydroxyl groups excluding tert-OH is 1. The SMILES string of the molecule is CC[C@H](C)[C@@H](C(=O)N[C@@H](Cc1ccccc1)[C@@H](O)CN(CC(C)C)S(=O)(=O)c1ccc(OC)cc1)N1CCN(Cc2csc(-c3cccnc3)n2)C1=O. The van der Waals surface area contributed by atoms with Crippen molar-refractivity contribution in [2.75, 3.05) is 33.3 Å². The van der Waals surface area contributed by atoms with E-state index in [9.17, 15) is 23.1 Å². The lowest BCUT2D eigenvalue weighted by atomic mass is 9.95. The minimum absolute atomic E-state index is 0.0393. The summed E-state index contributed by atoms with van der Waals surface area (Å²) in [5.41, 5.74) is 2.53. The molecule has 2 N–H and O–H groups in total. The molecule has 4 aromatic rings. The van der Waals surface area contributed by atoms with Crippen LogP contribution in [0.25, 0.3) is 10.6 Å². The molecule has 1 saturated heterocycles. The second-order valence-electron chi connectivity index (χ2n) is 13.9. The Kier molecular flexibility index (Phi) is 13.6. The van der Waals surface area contributed by atoms with Crippen LogP contribution in [0.5, 0.6) is 5.75 Å². The number of rotatable bonds is 18. The van der Waals surface area contributed by atoms with Crippen LogP contribution in [0.2, 0.25) is 0 Å². The predicted molar refractivity (Wildman–Crippen MR) is 206 cm³/mol. The van der Waals surface area contributed by atoms with Gasteiger partial charge in [-0.3, -0.25) is 9.78 Å². The van der Waals surface area contributed by atoms with Gasteiger partial charge in [0.1, 0.15) is 16.8 Å². The molecule has 0 radical (unpaired) electrons. The lowest BCUT2D eigenvalue weighted by Gasteiger charge is -2.35. The van der Waals surface area contributed by atoms with E-state index in [-0.39, 0.29) is 42.3 Å². The second-order valence-corrected chi connectivity index (χ2v) is 16.7. The average Bonchev–Trinajstić information content (AvgIpc) is 3.78. The van der Waals surface area contributed by atoms with Crippen LogP contribution in [-0.2, 0) is 27.8 Å². The minimum atomic E-state index is -4.01. The zero-order chi connectivity index (χ0) is 38.1. The van der Waals surface area contributed by atoms with Gasteiger partial charge in [0.15, 0.2) is 0 Å². The first kappa shape index (κ1) is 39.8. The van der Waals surface area contributed by atoms with Gasteiger partial charge in [-0.15, -0.1) is 11.3 Å². The van der Waals surface area contributed by atoms with E-state index in [1.807, 2.05) is 75.5 Å². The molecule has 2 aromatic carbocycles. The van der Waals surface area contributed by atoms with Gasteiger partial charge in [0.2, 0.25) is 15.9 Å². The minimum Gasteiger partial charge on any atom is -0.497 e. The van der Waals surface area contributed by atoms with Crippen LogP contribution < -0.4 is 10.1 Å². The maximum absolute atomic E-state index is 14.4. The summed E-state index contributed by atoms with van der Waals surface area (Å²) in [6.45, 7) is 8.75. The van der Waals surface area contributed by atoms with E-state index in [1.54, 1.807) is 34.3 Å². The van der Waals surface area contributed by atoms with Gasteiger partial charge in [0.05, 0.1) is 36.4 Å². The summed E-state index contributed by atoms with van der Waals surface area (Å²) in [7, 11) is -2.50. The molecule has 14 heteroatoms. The number of carbonyl (C=O) groups is 2. The van der Waals surface area contributed by atoms with Crippen LogP contribution in [0.4, 0.5) is 4.79 Å². The molecule has 3 heterocycles. The number of carbonyl (C=O) groups excluding carboxylic acids is 2. The Morgan fingerprint density at radius 3 is 2.42 bits per heavy atom. The average molecular weight is 763 g/mol. The highest BCUT2D eigenvalue weighted by molar-refractivity contribution is 7.89. The Morgan fingerprint density at radius 1 is 1.04 bits per heavy atom. The number of aromatic nitrogens is 2. The summed E-state index contributed by atoms with van der Waals surface area (Å²) >= 11 is 1.49. The zero-order valence-corrected chi connectivity index (χ0v) is 32.6. The van der Waals surface area contributed by atoms with Gasteiger partial charge < -0.3 is 25.0 Å². The van der Waals surface area contributed by atoms with Gasteiger partial charge in [-0.2, -0.15) is 4.31 Å². The molecule has 1 fully saturated rings. The number of urea groups is 1. The Labute approximate surface area is 316 Å². The van der Waals surface area contributed by atoms with E-state index in [0.29, 0.717) is 31.8 Å². The maximum Gasteiger partial charge on any atom is 0.321 e. The van der Waals surface area contributed by atoms with Crippen LogP contribution in [-0.4, -0.2) is 101 Å². The first-order valence-electron chi connectivity index (χ1n) is 18.0. The fraction of sp³-hybridized carbons (Fsp3) is 0.436. The van der Waals surface area contributed by atoms with Crippen molar-refractivity contribution >= 4 is 33.3 Å². The molecule has 2 aromatic heterocycles. The van der Waals surface area contributed by atoms with E-state index in [0.717, 1.165) is 21.8 Å². The molecule has 0 spiro atoms. The van der Waals surface area contributed by atoms with Crippen molar-refractivity contribution in [2.24, 2.45) is 11.8 Å². The van der Waals surface area contributed by atoms with E-state index < -0.39 is 34.1 Å². The molecule has 0 bridgehead atoms. The number of hydrogen-bond donors (Lipinski definition) is 2. The van der Waals surface area contributed by atoms with Crippen molar-refractivity contribution in [1.29, 1.82) is 0 Å². The number of hydrogen-bond acceptors (Lipinski definition) is 9. The van der Waals surface area contributed by atoms with Crippen molar-refractivity contribution in [2.45, 2.75) is 70.2 Å². The van der Waals surface area contributed by atoms with E-state index >= 15 is 0 Å². The van der Waals surface area contributed by atoms with Crippen molar-refractivity contribution in [1.82, 2.24) is 29.4 Å². The number of thiazole rings is 1. The Bertz CT molecular complexity index is 1890. The molecule has 284 valence electrons. The van der Waals surface area contributed by atoms with Gasteiger partial charge in [-0.1, -0.05) is 64.4 Å². The smallest absolute Gasteiger partial charge is 0.321 e. The number of ether oxygens (including phenoxy) is 1. The molecular formula is C39H50N6O6S2. The largest absolute Gasteiger partial charge is 0.497 e. The van der Waals surface area contributed by atoms with E-state index in [2.05, 4.69) is 10.3 Å². The number of nitrogens with one attached hydrogen (secondary N) is 1. The number of sulfonamides is 1. The van der Waals surface area contributed by atoms with E-state index in [1.165, 1.54) is 34.9 Å². The van der Waals surface area contributed by atoms with Gasteiger partial charge in [0.25, 0.3) is 0 Å². The van der Waals surface area contributed by atoms with Crippen LogP contribution >= 0.6 is 11.3 Å². The number of aliphatic hydroxyl groups is 1. The Balaban J connectivity index is 1.35. The number of nitrogens with zero attached hydrogens (tertiary/aromatic N) is 5. The van der Waals surface area contributed by atoms with Gasteiger partial charge in [-0.05, 0) is 60.2 Å². The zero-order valence-electron chi connectivity index (χ0n) is 31.0. The topological polar surface area (TPSA) is 145 Å². The summed E-state index contributed by atoms with van der Waals surface area (Å²) in [4.78, 5) is 40.6. The van der Waals surface area contributed by atoms with Crippen molar-refractivity contribution in [3.8, 4) is 16.3 Å². The number of amides is 3. The van der Waals surface area contributed by atoms with Gasteiger partial charge >= 0.3 is 6.03 Å². The third-order valence-electron chi connectivity index (χ3n) is 9.47. The Hall–Kier alpha value is -4.37. The van der Waals surface area contributed by atoms with Crippen LogP contribution in [0.15, 0.2) is 89.4 Å². The highest BCUT2D eigenvalue weighted by atomic mass is 32.2. The monoisotopic (exact) mass is 762 g/mol. The van der Waals surface area contributed by atoms with Crippen molar-refractivity contribution in [3.63, 3.8) is 0 Å². The molecule has 0 aliphatic carbocycles. The summed E-state index contributed by atoms with van der Waals surface area (Å²) in [6.07, 6.45) is 3.08. The van der Waals surface area contributed by atoms with Crippen LogP contribution in [0.3, 0.4) is 0 Å². The predicted octanol–water partition coefficient (Wildman–Crippen LogP) is 5.30. The first-order valence-corrected chi connectivity index (χ1v) is 20.3. The lowest BCUT2D eigenvalue weighted by Crippen LogP contribution is -2.57. The van der Waals surface area contributed by atoms with Gasteiger partial charge in [0, 0.05) is 49.5 Å². The molecule has 0 unspecified atom stereocenters. The highest BCUT2D eigenvalue weighted by Crippen LogP contribution is 2.27. The first-order chi connectivity index (χ1) is 25.4. The highest BCUT2D eigenvalue weighted by Gasteiger charge is 2.41. The van der Waals surface area contributed by atoms with Crippen molar-refractivity contribution in [3.05, 3.63) is 95.8 Å². The standard InChI is InChI=1S/C39H50N6O6S2/c1-6-28(4)36(45-20-19-43(39(45)48)24-31-26-52-38(41-31)30-13-10-18-40-22-30)37(47)42-34(21-29-11-8-7-9-12-29)35(46)25-44(23-27(2)3)53(49,50)33-16-14-32(51-5)15-17-33/h7-18,22,26-28,34-36,46H,6,19-21,23-25H2,1-5H3,(H,42,47)/t28-,34-,35-,36-/m0/s1. The fourth-order valence-electron chi connectivity index (χ4n) is 6.46. The van der Waals surface area contributed by atoms with Gasteiger partial charge in [-0.25, -0.2) is 18.2 Å². The quantitative estimate of drug-likeness (QED) is 0.139. The molecular weight excluding hydrogens is 713 g/mol. The molecule has 1 aliphatic rings. The molecule has 3 amide bonds. The molecule has 5 rings (SSSR count). The molecule has 4 atom stereocenters. The third kappa shape index (κ3) is 9.99. The summed E-state index contributed by atoms with van der Waals surface area (Å²) in [5, 5.41) is 17.7. The normalized spacial score (nSPS) is 15.8. The number of benzene rings is 2. The van der Waals surface area contributed by atoms with E-state index in [4.69, 9.17) is 9.72 Å². The lowest BCUT2D eigenvalue weighted by molar-refractivity contribution is -0.128. The van der Waals surface area contributed by atoms with Crippen molar-refractivity contribution < 1.29 is 27.9 Å². The fourth-order valence-corrected chi connectivity index (χ4v) is 8.89. The number of pyridine rings is 1. The molecule has 1 aliphatic heterocycles. The summed E-state index contributed by atoms with van der Waals surface area (Å²) in [6, 6.07) is 17.5. The number of methoxy groups -OCH3 is 1. The molecule has 0 saturated carbocycles. The third-order valence-corrected chi connectivity index (χ3v) is 12.3. The summed E-state index contributed by atoms with van der Waals surface area (Å²) < 4.78 is 34.3. The maximum atomic E-state index is 14.4. The summed E-state index contributed by atoms with van der Waals surface area (Å²) in [5.74, 6) is -0.102. The molecule has 12 nitrogen and oxygen atoms in total. The Morgan fingerprint density at radius 2 is 1.77 bits per heavy atom.